The van der Waals surface area contributed by atoms with Crippen molar-refractivity contribution in [2.45, 2.75) is 72.1 Å². The molecule has 5 aromatic rings. The number of hydrogen-bond acceptors (Lipinski definition) is 2. The molecule has 5 heteroatoms. The third-order valence-electron chi connectivity index (χ3n) is 6.41. The normalized spacial score (nSPS) is 11.5. The van der Waals surface area contributed by atoms with E-state index in [0.717, 1.165) is 11.3 Å². The Morgan fingerprint density at radius 2 is 1.39 bits per heavy atom. The van der Waals surface area contributed by atoms with Crippen LogP contribution in [0.2, 0.25) is 0 Å². The Hall–Kier alpha value is -2.66. The molecule has 0 atom stereocenters. The molecule has 41 heavy (non-hydrogen) atoms. The van der Waals surface area contributed by atoms with Crippen molar-refractivity contribution < 1.29 is 20.1 Å². The second kappa shape index (κ2) is 15.0. The summed E-state index contributed by atoms with van der Waals surface area (Å²) < 4.78 is 1.26. The molecule has 2 heterocycles. The molecular formula is C36H40IrN3S. The van der Waals surface area contributed by atoms with Crippen LogP contribution in [0, 0.1) is 6.07 Å². The Morgan fingerprint density at radius 3 is 1.93 bits per heavy atom. The molecule has 0 aliphatic carbocycles. The summed E-state index contributed by atoms with van der Waals surface area (Å²) in [5.74, 6) is 0. The fourth-order valence-electron chi connectivity index (χ4n) is 4.36. The predicted molar refractivity (Wildman–Crippen MR) is 174 cm³/mol. The SMILES string of the molecule is CC(C)(C)c1c[c-]c(-c2nccc3sc(-c4ccccc4)cc23)cc1.CC(C)[N-]C([N-]C(C)C)c1ccccc1.[Ir+3]. The van der Waals surface area contributed by atoms with Crippen LogP contribution >= 0.6 is 11.3 Å². The molecule has 0 amide bonds. The molecule has 0 saturated carbocycles. The largest absolute Gasteiger partial charge is 3.00 e. The van der Waals surface area contributed by atoms with Crippen molar-refractivity contribution in [3.63, 3.8) is 0 Å². The minimum Gasteiger partial charge on any atom is -0.672 e. The molecule has 5 rings (SSSR count). The van der Waals surface area contributed by atoms with Gasteiger partial charge in [-0.05, 0) is 34.2 Å². The van der Waals surface area contributed by atoms with Crippen molar-refractivity contribution in [2.24, 2.45) is 0 Å². The van der Waals surface area contributed by atoms with Gasteiger partial charge in [-0.1, -0.05) is 115 Å². The number of hydrogen-bond donors (Lipinski definition) is 0. The van der Waals surface area contributed by atoms with Crippen molar-refractivity contribution in [3.8, 4) is 21.7 Å². The maximum Gasteiger partial charge on any atom is 3.00 e. The molecule has 0 fully saturated rings. The van der Waals surface area contributed by atoms with Gasteiger partial charge in [-0.2, -0.15) is 0 Å². The van der Waals surface area contributed by atoms with Crippen LogP contribution in [0.4, 0.5) is 0 Å². The Morgan fingerprint density at radius 1 is 0.780 bits per heavy atom. The average Bonchev–Trinajstić information content (AvgIpc) is 3.38. The third-order valence-corrected chi connectivity index (χ3v) is 7.56. The number of aromatic nitrogens is 1. The summed E-state index contributed by atoms with van der Waals surface area (Å²) in [6, 6.07) is 35.6. The monoisotopic (exact) mass is 739 g/mol. The molecule has 0 radical (unpaired) electrons. The molecule has 0 spiro atoms. The molecule has 3 nitrogen and oxygen atoms in total. The van der Waals surface area contributed by atoms with E-state index in [-0.39, 0.29) is 31.7 Å². The van der Waals surface area contributed by atoms with E-state index in [1.54, 1.807) is 0 Å². The van der Waals surface area contributed by atoms with Crippen LogP contribution in [0.1, 0.15) is 65.8 Å². The molecular weight excluding hydrogens is 699 g/mol. The standard InChI is InChI=1S/C23H20NS.C13H20N2.Ir/c1-23(2,3)18-11-9-17(10-12-18)22-19-15-21(16-7-5-4-6-8-16)25-20(19)13-14-24-22;1-10(2)14-13(15-11(3)4)12-8-6-5-7-9-12;/h4-9,11-15H,1-3H3;5-11,13H,1-4H3;/q-1;-2;+3. The van der Waals surface area contributed by atoms with Gasteiger partial charge in [0.05, 0.1) is 0 Å². The first-order chi connectivity index (χ1) is 19.1. The van der Waals surface area contributed by atoms with E-state index in [1.807, 2.05) is 35.7 Å². The van der Waals surface area contributed by atoms with Crippen LogP contribution in [-0.2, 0) is 25.5 Å². The summed E-state index contributed by atoms with van der Waals surface area (Å²) in [6.07, 6.45) is 1.89. The van der Waals surface area contributed by atoms with Gasteiger partial charge in [0.15, 0.2) is 0 Å². The number of pyridine rings is 1. The number of nitrogens with zero attached hydrogens (tertiary/aromatic N) is 3. The minimum absolute atomic E-state index is 0. The molecule has 0 saturated heterocycles. The van der Waals surface area contributed by atoms with E-state index in [0.29, 0.717) is 12.1 Å². The molecule has 0 aliphatic rings. The minimum atomic E-state index is -0.00815. The first-order valence-electron chi connectivity index (χ1n) is 14.0. The molecule has 0 aliphatic heterocycles. The van der Waals surface area contributed by atoms with Gasteiger partial charge in [0.1, 0.15) is 0 Å². The fraction of sp³-hybridized carbons (Fsp3) is 0.306. The first kappa shape index (κ1) is 32.8. The summed E-state index contributed by atoms with van der Waals surface area (Å²) in [5.41, 5.74) is 5.92. The zero-order chi connectivity index (χ0) is 28.7. The summed E-state index contributed by atoms with van der Waals surface area (Å²) in [6.45, 7) is 15.0. The summed E-state index contributed by atoms with van der Waals surface area (Å²) >= 11 is 1.81. The molecule has 214 valence electrons. The number of thiophene rings is 1. The Bertz CT molecular complexity index is 1460. The summed E-state index contributed by atoms with van der Waals surface area (Å²) in [7, 11) is 0. The van der Waals surface area contributed by atoms with Gasteiger partial charge in [-0.3, -0.25) is 0 Å². The van der Waals surface area contributed by atoms with E-state index < -0.39 is 0 Å². The van der Waals surface area contributed by atoms with Crippen LogP contribution < -0.4 is 0 Å². The fourth-order valence-corrected chi connectivity index (χ4v) is 5.42. The van der Waals surface area contributed by atoms with E-state index in [4.69, 9.17) is 0 Å². The van der Waals surface area contributed by atoms with Gasteiger partial charge in [0.2, 0.25) is 0 Å². The Balaban J connectivity index is 0.000000250. The second-order valence-electron chi connectivity index (χ2n) is 11.6. The second-order valence-corrected chi connectivity index (χ2v) is 12.6. The molecule has 0 N–H and O–H groups in total. The summed E-state index contributed by atoms with van der Waals surface area (Å²) in [4.78, 5) is 5.93. The quantitative estimate of drug-likeness (QED) is 0.153. The van der Waals surface area contributed by atoms with Gasteiger partial charge in [0.25, 0.3) is 0 Å². The van der Waals surface area contributed by atoms with Crippen LogP contribution in [0.5, 0.6) is 0 Å². The molecule has 0 bridgehead atoms. The number of rotatable bonds is 7. The van der Waals surface area contributed by atoms with Gasteiger partial charge in [-0.15, -0.1) is 58.8 Å². The van der Waals surface area contributed by atoms with E-state index in [9.17, 15) is 0 Å². The molecule has 2 aromatic heterocycles. The van der Waals surface area contributed by atoms with Crippen molar-refractivity contribution in [1.82, 2.24) is 4.98 Å². The van der Waals surface area contributed by atoms with Crippen LogP contribution in [-0.4, -0.2) is 17.1 Å². The maximum absolute atomic E-state index is 4.65. The smallest absolute Gasteiger partial charge is 0.672 e. The zero-order valence-electron chi connectivity index (χ0n) is 25.1. The predicted octanol–water partition coefficient (Wildman–Crippen LogP) is 11.0. The third kappa shape index (κ3) is 9.16. The maximum atomic E-state index is 4.65. The van der Waals surface area contributed by atoms with Gasteiger partial charge in [0, 0.05) is 15.8 Å². The van der Waals surface area contributed by atoms with E-state index in [2.05, 4.69) is 143 Å². The first-order valence-corrected chi connectivity index (χ1v) is 14.8. The number of benzene rings is 3. The average molecular weight is 739 g/mol. The molecule has 3 aromatic carbocycles. The number of fused-ring (bicyclic) bond motifs is 1. The van der Waals surface area contributed by atoms with Gasteiger partial charge in [-0.25, -0.2) is 6.17 Å². The van der Waals surface area contributed by atoms with Crippen LogP contribution in [0.3, 0.4) is 0 Å². The van der Waals surface area contributed by atoms with Crippen LogP contribution in [0.15, 0.2) is 97.2 Å². The summed E-state index contributed by atoms with van der Waals surface area (Å²) in [5, 5.41) is 10.4. The van der Waals surface area contributed by atoms with Crippen molar-refractivity contribution in [1.29, 1.82) is 0 Å². The Kier molecular flexibility index (Phi) is 12.0. The van der Waals surface area contributed by atoms with E-state index >= 15 is 0 Å². The van der Waals surface area contributed by atoms with Crippen molar-refractivity contribution in [2.75, 3.05) is 0 Å². The van der Waals surface area contributed by atoms with Gasteiger partial charge >= 0.3 is 20.1 Å². The molecule has 0 unspecified atom stereocenters. The Labute approximate surface area is 264 Å². The van der Waals surface area contributed by atoms with Crippen LogP contribution in [0.25, 0.3) is 42.4 Å². The van der Waals surface area contributed by atoms with Gasteiger partial charge < -0.3 is 15.6 Å². The van der Waals surface area contributed by atoms with Crippen molar-refractivity contribution in [3.05, 3.63) is 125 Å². The van der Waals surface area contributed by atoms with E-state index in [1.165, 1.54) is 31.7 Å². The zero-order valence-corrected chi connectivity index (χ0v) is 28.3. The topological polar surface area (TPSA) is 41.1 Å². The van der Waals surface area contributed by atoms with Crippen molar-refractivity contribution >= 4 is 21.4 Å².